The molecule has 118 valence electrons. The van der Waals surface area contributed by atoms with Gasteiger partial charge in [-0.2, -0.15) is 5.10 Å². The molecule has 0 saturated carbocycles. The van der Waals surface area contributed by atoms with Crippen molar-refractivity contribution in [2.24, 2.45) is 7.05 Å². The van der Waals surface area contributed by atoms with Crippen LogP contribution in [-0.4, -0.2) is 40.4 Å². The van der Waals surface area contributed by atoms with Gasteiger partial charge >= 0.3 is 0 Å². The highest BCUT2D eigenvalue weighted by atomic mass is 15.3. The Morgan fingerprint density at radius 1 is 1.29 bits per heavy atom. The number of allylic oxidation sites excluding steroid dienone is 1. The van der Waals surface area contributed by atoms with Crippen molar-refractivity contribution in [2.75, 3.05) is 19.6 Å². The van der Waals surface area contributed by atoms with E-state index in [-0.39, 0.29) is 0 Å². The maximum Gasteiger partial charge on any atom is 0.0641 e. The van der Waals surface area contributed by atoms with Crippen LogP contribution in [0.3, 0.4) is 0 Å². The molecule has 2 rings (SSSR count). The van der Waals surface area contributed by atoms with Gasteiger partial charge in [-0.1, -0.05) is 11.6 Å². The van der Waals surface area contributed by atoms with E-state index in [0.29, 0.717) is 6.04 Å². The molecule has 1 fully saturated rings. The van der Waals surface area contributed by atoms with Crippen molar-refractivity contribution < 1.29 is 0 Å². The molecule has 1 aromatic heterocycles. The van der Waals surface area contributed by atoms with Crippen LogP contribution >= 0.6 is 0 Å². The molecule has 0 aromatic carbocycles. The Morgan fingerprint density at radius 2 is 1.95 bits per heavy atom. The zero-order valence-corrected chi connectivity index (χ0v) is 14.2. The van der Waals surface area contributed by atoms with Gasteiger partial charge in [-0.25, -0.2) is 0 Å². The summed E-state index contributed by atoms with van der Waals surface area (Å²) in [5.74, 6) is 0. The highest BCUT2D eigenvalue weighted by molar-refractivity contribution is 5.24. The molecule has 1 saturated heterocycles. The summed E-state index contributed by atoms with van der Waals surface area (Å²) in [5.41, 5.74) is 5.21. The highest BCUT2D eigenvalue weighted by Crippen LogP contribution is 2.15. The summed E-state index contributed by atoms with van der Waals surface area (Å²) in [6.45, 7) is 13.1. The van der Waals surface area contributed by atoms with Crippen LogP contribution < -0.4 is 5.32 Å². The predicted molar refractivity (Wildman–Crippen MR) is 88.4 cm³/mol. The molecule has 1 aliphatic rings. The third-order valence-electron chi connectivity index (χ3n) is 4.57. The Bertz CT molecular complexity index is 489. The van der Waals surface area contributed by atoms with Crippen LogP contribution in [0.4, 0.5) is 0 Å². The van der Waals surface area contributed by atoms with Gasteiger partial charge in [0.05, 0.1) is 5.69 Å². The van der Waals surface area contributed by atoms with E-state index < -0.39 is 0 Å². The number of nitrogens with one attached hydrogen (secondary N) is 1. The molecular weight excluding hydrogens is 260 g/mol. The second-order valence-corrected chi connectivity index (χ2v) is 6.51. The lowest BCUT2D eigenvalue weighted by Crippen LogP contribution is -2.42. The fraction of sp³-hybridized carbons (Fsp3) is 0.706. The van der Waals surface area contributed by atoms with Crippen molar-refractivity contribution in [3.8, 4) is 0 Å². The first-order valence-electron chi connectivity index (χ1n) is 8.05. The number of hydrogen-bond acceptors (Lipinski definition) is 3. The lowest BCUT2D eigenvalue weighted by atomic mass is 10.0. The molecule has 1 N–H and O–H groups in total. The standard InChI is InChI=1S/C17H30N4/c1-13(2)6-9-21-10-7-16(8-11-21)18-12-17-14(3)19-20(5)15(17)4/h6,16,18H,7-12H2,1-5H3. The number of piperidine rings is 1. The molecule has 1 aliphatic heterocycles. The second kappa shape index (κ2) is 7.23. The molecule has 4 heteroatoms. The van der Waals surface area contributed by atoms with E-state index in [1.807, 2.05) is 11.7 Å². The number of nitrogens with zero attached hydrogens (tertiary/aromatic N) is 3. The van der Waals surface area contributed by atoms with Crippen molar-refractivity contribution in [3.05, 3.63) is 28.6 Å². The molecule has 1 aromatic rings. The second-order valence-electron chi connectivity index (χ2n) is 6.51. The van der Waals surface area contributed by atoms with E-state index in [1.54, 1.807) is 0 Å². The summed E-state index contributed by atoms with van der Waals surface area (Å²) in [5, 5.41) is 8.21. The Morgan fingerprint density at radius 3 is 2.48 bits per heavy atom. The van der Waals surface area contributed by atoms with E-state index in [9.17, 15) is 0 Å². The fourth-order valence-corrected chi connectivity index (χ4v) is 2.95. The summed E-state index contributed by atoms with van der Waals surface area (Å²) >= 11 is 0. The maximum absolute atomic E-state index is 4.49. The van der Waals surface area contributed by atoms with Crippen LogP contribution in [0.15, 0.2) is 11.6 Å². The average Bonchev–Trinajstić information content (AvgIpc) is 2.69. The van der Waals surface area contributed by atoms with Crippen LogP contribution in [0.25, 0.3) is 0 Å². The summed E-state index contributed by atoms with van der Waals surface area (Å²) in [6.07, 6.45) is 4.82. The van der Waals surface area contributed by atoms with Gasteiger partial charge in [0.2, 0.25) is 0 Å². The van der Waals surface area contributed by atoms with Gasteiger partial charge in [-0.05, 0) is 53.6 Å². The number of rotatable bonds is 5. The van der Waals surface area contributed by atoms with Crippen molar-refractivity contribution in [1.29, 1.82) is 0 Å². The quantitative estimate of drug-likeness (QED) is 0.846. The van der Waals surface area contributed by atoms with Gasteiger partial charge in [-0.3, -0.25) is 9.58 Å². The molecule has 4 nitrogen and oxygen atoms in total. The molecule has 0 amide bonds. The molecule has 2 heterocycles. The fourth-order valence-electron chi connectivity index (χ4n) is 2.95. The van der Waals surface area contributed by atoms with E-state index in [2.05, 4.69) is 49.1 Å². The first kappa shape index (κ1) is 16.2. The first-order chi connectivity index (χ1) is 9.97. The Kier molecular flexibility index (Phi) is 5.59. The minimum atomic E-state index is 0.645. The zero-order chi connectivity index (χ0) is 15.4. The van der Waals surface area contributed by atoms with Gasteiger partial charge in [-0.15, -0.1) is 0 Å². The Labute approximate surface area is 129 Å². The molecule has 21 heavy (non-hydrogen) atoms. The van der Waals surface area contributed by atoms with Crippen molar-refractivity contribution >= 4 is 0 Å². The minimum Gasteiger partial charge on any atom is -0.310 e. The van der Waals surface area contributed by atoms with Crippen LogP contribution in [0.2, 0.25) is 0 Å². The predicted octanol–water partition coefficient (Wildman–Crippen LogP) is 2.56. The Hall–Kier alpha value is -1.13. The van der Waals surface area contributed by atoms with Crippen molar-refractivity contribution in [2.45, 2.75) is 53.1 Å². The molecule has 0 atom stereocenters. The molecule has 0 unspecified atom stereocenters. The van der Waals surface area contributed by atoms with Crippen LogP contribution in [-0.2, 0) is 13.6 Å². The Balaban J connectivity index is 1.77. The highest BCUT2D eigenvalue weighted by Gasteiger charge is 2.19. The summed E-state index contributed by atoms with van der Waals surface area (Å²) < 4.78 is 1.98. The zero-order valence-electron chi connectivity index (χ0n) is 14.2. The monoisotopic (exact) mass is 290 g/mol. The number of likely N-dealkylation sites (tertiary alicyclic amines) is 1. The molecule has 0 spiro atoms. The normalized spacial score (nSPS) is 17.2. The van der Waals surface area contributed by atoms with Crippen LogP contribution in [0, 0.1) is 13.8 Å². The smallest absolute Gasteiger partial charge is 0.0641 e. The lowest BCUT2D eigenvalue weighted by molar-refractivity contribution is 0.214. The van der Waals surface area contributed by atoms with Crippen molar-refractivity contribution in [1.82, 2.24) is 20.0 Å². The van der Waals surface area contributed by atoms with Gasteiger partial charge in [0.25, 0.3) is 0 Å². The number of aryl methyl sites for hydroxylation is 2. The third-order valence-corrected chi connectivity index (χ3v) is 4.57. The SMILES string of the molecule is CC(C)=CCN1CCC(NCc2c(C)nn(C)c2C)CC1. The topological polar surface area (TPSA) is 33.1 Å². The van der Waals surface area contributed by atoms with Gasteiger partial charge < -0.3 is 5.32 Å². The molecule has 0 bridgehead atoms. The molecule has 0 aliphatic carbocycles. The van der Waals surface area contributed by atoms with E-state index in [0.717, 1.165) is 18.8 Å². The first-order valence-corrected chi connectivity index (χ1v) is 8.05. The van der Waals surface area contributed by atoms with Gasteiger partial charge in [0, 0.05) is 37.4 Å². The largest absolute Gasteiger partial charge is 0.310 e. The summed E-state index contributed by atoms with van der Waals surface area (Å²) in [6, 6.07) is 0.645. The number of hydrogen-bond donors (Lipinski definition) is 1. The van der Waals surface area contributed by atoms with Gasteiger partial charge in [0.1, 0.15) is 0 Å². The summed E-state index contributed by atoms with van der Waals surface area (Å²) in [4.78, 5) is 2.55. The maximum atomic E-state index is 4.49. The van der Waals surface area contributed by atoms with E-state index >= 15 is 0 Å². The van der Waals surface area contributed by atoms with Gasteiger partial charge in [0.15, 0.2) is 0 Å². The molecular formula is C17H30N4. The minimum absolute atomic E-state index is 0.645. The van der Waals surface area contributed by atoms with E-state index in [4.69, 9.17) is 0 Å². The average molecular weight is 290 g/mol. The lowest BCUT2D eigenvalue weighted by Gasteiger charge is -2.32. The van der Waals surface area contributed by atoms with Crippen molar-refractivity contribution in [3.63, 3.8) is 0 Å². The van der Waals surface area contributed by atoms with E-state index in [1.165, 1.54) is 42.8 Å². The molecule has 0 radical (unpaired) electrons. The third kappa shape index (κ3) is 4.42. The van der Waals surface area contributed by atoms with Crippen LogP contribution in [0.5, 0.6) is 0 Å². The number of aromatic nitrogens is 2. The van der Waals surface area contributed by atoms with Crippen LogP contribution in [0.1, 0.15) is 43.6 Å². The summed E-state index contributed by atoms with van der Waals surface area (Å²) in [7, 11) is 2.02.